The molecule has 0 aliphatic carbocycles. The summed E-state index contributed by atoms with van der Waals surface area (Å²) < 4.78 is 34.8. The summed E-state index contributed by atoms with van der Waals surface area (Å²) in [4.78, 5) is 11.0. The molecule has 0 aromatic heterocycles. The van der Waals surface area contributed by atoms with E-state index in [0.29, 0.717) is 12.5 Å². The summed E-state index contributed by atoms with van der Waals surface area (Å²) in [5.74, 6) is 0.316. The Morgan fingerprint density at radius 3 is 2.40 bits per heavy atom. The summed E-state index contributed by atoms with van der Waals surface area (Å²) >= 11 is 0. The highest BCUT2D eigenvalue weighted by Crippen LogP contribution is 2.10. The van der Waals surface area contributed by atoms with Gasteiger partial charge in [-0.05, 0) is 12.8 Å². The molecule has 1 atom stereocenters. The maximum atomic E-state index is 11.0. The van der Waals surface area contributed by atoms with E-state index in [0.717, 1.165) is 0 Å². The summed E-state index contributed by atoms with van der Waals surface area (Å²) in [6.45, 7) is 8.23. The van der Waals surface area contributed by atoms with Crippen LogP contribution in [0.1, 0.15) is 36.6 Å². The first-order valence-electron chi connectivity index (χ1n) is 6.76. The average Bonchev–Trinajstić information content (AvgIpc) is 2.36. The highest BCUT2D eigenvalue weighted by molar-refractivity contribution is 5.72. The normalized spacial score (nSPS) is 15.7. The van der Waals surface area contributed by atoms with Gasteiger partial charge in [-0.25, -0.2) is 0 Å². The third-order valence-electron chi connectivity index (χ3n) is 1.66. The van der Waals surface area contributed by atoms with Crippen LogP contribution in [0.25, 0.3) is 0 Å². The van der Waals surface area contributed by atoms with Crippen LogP contribution in [0, 0.1) is 11.8 Å². The van der Waals surface area contributed by atoms with E-state index in [2.05, 4.69) is 0 Å². The van der Waals surface area contributed by atoms with Crippen LogP contribution in [-0.2, 0) is 9.53 Å². The molecule has 0 spiro atoms. The number of carbonyl (C=O) groups is 1. The number of esters is 1. The molecule has 66 valence electrons. The zero-order valence-corrected chi connectivity index (χ0v) is 7.18. The van der Waals surface area contributed by atoms with Crippen molar-refractivity contribution < 1.29 is 18.4 Å². The van der Waals surface area contributed by atoms with Gasteiger partial charge in [-0.3, -0.25) is 4.79 Å². The fourth-order valence-electron chi connectivity index (χ4n) is 0.546. The second kappa shape index (κ2) is 4.31. The summed E-state index contributed by atoms with van der Waals surface area (Å²) in [7, 11) is 0. The van der Waals surface area contributed by atoms with Crippen molar-refractivity contribution in [3.63, 3.8) is 0 Å². The number of carbonyl (C=O) groups excluding carboxylic acids is 1. The molecular formula is C8H22O2. The molecule has 2 heteroatoms. The Bertz CT molecular complexity index is 123. The van der Waals surface area contributed by atoms with Crippen LogP contribution in [0.4, 0.5) is 0 Å². The number of rotatable bonds is 3. The summed E-state index contributed by atoms with van der Waals surface area (Å²) in [5, 5.41) is 0. The van der Waals surface area contributed by atoms with Crippen molar-refractivity contribution in [3.05, 3.63) is 0 Å². The van der Waals surface area contributed by atoms with E-state index in [1.807, 2.05) is 27.7 Å². The molecule has 0 aliphatic rings. The zero-order valence-electron chi connectivity index (χ0n) is 13.2. The average molecular weight is 156 g/mol. The molecule has 0 amide bonds. The predicted molar refractivity (Wildman–Crippen MR) is 47.0 cm³/mol. The Hall–Kier alpha value is -0.530. The van der Waals surface area contributed by atoms with E-state index in [4.69, 9.17) is 13.6 Å². The Morgan fingerprint density at radius 2 is 2.10 bits per heavy atom. The molecular weight excluding hydrogens is 128 g/mol. The fraction of sp³-hybridized carbons (Fsp3) is 0.875. The van der Waals surface area contributed by atoms with Gasteiger partial charge in [0.15, 0.2) is 0 Å². The van der Waals surface area contributed by atoms with Gasteiger partial charge in [0.05, 0.1) is 12.5 Å². The molecule has 0 saturated heterocycles. The van der Waals surface area contributed by atoms with Crippen LogP contribution in [0.2, 0.25) is 0 Å². The first-order chi connectivity index (χ1) is 7.59. The van der Waals surface area contributed by atoms with Crippen molar-refractivity contribution in [2.45, 2.75) is 27.7 Å². The lowest BCUT2D eigenvalue weighted by Gasteiger charge is -2.12. The first-order valence-corrected chi connectivity index (χ1v) is 3.76. The third kappa shape index (κ3) is 2.85. The van der Waals surface area contributed by atoms with Gasteiger partial charge in [-0.1, -0.05) is 20.8 Å². The maximum absolute atomic E-state index is 11.0. The highest BCUT2D eigenvalue weighted by Gasteiger charge is 2.16. The third-order valence-corrected chi connectivity index (χ3v) is 1.66. The molecule has 0 bridgehead atoms. The minimum absolute atomic E-state index is 0.0277. The molecule has 0 aromatic rings. The molecule has 10 heavy (non-hydrogen) atoms. The second-order valence-corrected chi connectivity index (χ2v) is 2.78. The van der Waals surface area contributed by atoms with Crippen LogP contribution >= 0.6 is 0 Å². The van der Waals surface area contributed by atoms with Gasteiger partial charge in [0.1, 0.15) is 0 Å². The van der Waals surface area contributed by atoms with E-state index in [9.17, 15) is 4.79 Å². The number of ether oxygens (including phenoxy) is 1. The largest absolute Gasteiger partial charge is 0.466 e. The van der Waals surface area contributed by atoms with Gasteiger partial charge in [-0.2, -0.15) is 0 Å². The Morgan fingerprint density at radius 1 is 1.60 bits per heavy atom. The number of hydrogen-bond acceptors (Lipinski definition) is 2. The zero-order chi connectivity index (χ0) is 14.1. The first kappa shape index (κ1) is 5.16. The smallest absolute Gasteiger partial charge is 0.308 e. The molecule has 2 nitrogen and oxygen atoms in total. The fourth-order valence-corrected chi connectivity index (χ4v) is 0.546. The minimum atomic E-state index is -0.0856. The van der Waals surface area contributed by atoms with E-state index >= 15 is 0 Å². The quantitative estimate of drug-likeness (QED) is 0.587. The molecule has 0 N–H and O–H groups in total. The summed E-state index contributed by atoms with van der Waals surface area (Å²) in [6, 6.07) is 0. The lowest BCUT2D eigenvalue weighted by molar-refractivity contribution is -0.148. The van der Waals surface area contributed by atoms with Crippen molar-refractivity contribution in [3.8, 4) is 0 Å². The molecule has 0 aliphatic heterocycles. The summed E-state index contributed by atoms with van der Waals surface area (Å²) in [5.41, 5.74) is 0. The lowest BCUT2D eigenvalue weighted by atomic mass is 9.99. The monoisotopic (exact) mass is 156 g/mol. The number of hydrogen-bond donors (Lipinski definition) is 0. The van der Waals surface area contributed by atoms with E-state index in [1.54, 1.807) is 0 Å². The lowest BCUT2D eigenvalue weighted by Crippen LogP contribution is -2.19. The van der Waals surface area contributed by atoms with Crippen LogP contribution < -0.4 is 0 Å². The Labute approximate surface area is 71.8 Å². The molecule has 0 rings (SSSR count). The van der Waals surface area contributed by atoms with Gasteiger partial charge in [0.25, 0.3) is 0 Å². The molecule has 0 saturated carbocycles. The molecule has 0 fully saturated rings. The topological polar surface area (TPSA) is 26.3 Å². The molecule has 0 unspecified atom stereocenters. The highest BCUT2D eigenvalue weighted by atomic mass is 16.5. The van der Waals surface area contributed by atoms with Gasteiger partial charge in [-0.15, -0.1) is 0 Å². The second-order valence-electron chi connectivity index (χ2n) is 2.78. The van der Waals surface area contributed by atoms with Crippen molar-refractivity contribution in [1.82, 2.24) is 0 Å². The van der Waals surface area contributed by atoms with Crippen LogP contribution in [0.15, 0.2) is 0 Å². The van der Waals surface area contributed by atoms with Gasteiger partial charge >= 0.3 is 5.97 Å². The minimum Gasteiger partial charge on any atom is -0.466 e. The standard InChI is InChI=1S/C8H16O2.3H2/c1-5-10-8(9)7(4)6(2)3;;;/h6-7H,5H2,1-4H3;3*1H/t7-;;;/m1.../s1/i;3*1+1D. The van der Waals surface area contributed by atoms with E-state index in [-0.39, 0.29) is 11.9 Å². The molecule has 0 aromatic carbocycles. The van der Waals surface area contributed by atoms with Gasteiger partial charge in [0, 0.05) is 8.91 Å². The Balaban J connectivity index is -0.000000103. The van der Waals surface area contributed by atoms with E-state index < -0.39 is 0 Å². The van der Waals surface area contributed by atoms with E-state index in [1.165, 1.54) is 0 Å². The Kier molecular flexibility index (Phi) is 2.23. The van der Waals surface area contributed by atoms with Gasteiger partial charge < -0.3 is 4.74 Å². The molecule has 0 heterocycles. The van der Waals surface area contributed by atoms with Crippen molar-refractivity contribution in [2.75, 3.05) is 6.61 Å². The van der Waals surface area contributed by atoms with Crippen molar-refractivity contribution in [2.24, 2.45) is 11.8 Å². The van der Waals surface area contributed by atoms with Crippen LogP contribution in [-0.4, -0.2) is 12.6 Å². The van der Waals surface area contributed by atoms with Crippen molar-refractivity contribution in [1.29, 1.82) is 0 Å². The van der Waals surface area contributed by atoms with Gasteiger partial charge in [0.2, 0.25) is 0 Å². The SMILES string of the molecule is CCOC(=O)[C@H](C)C(C)C.[2H][2H].[2H][2H].[2H][2H]. The molecule has 0 radical (unpaired) electrons. The summed E-state index contributed by atoms with van der Waals surface area (Å²) in [6.07, 6.45) is 0. The maximum Gasteiger partial charge on any atom is 0.308 e. The predicted octanol–water partition coefficient (Wildman–Crippen LogP) is 2.58. The van der Waals surface area contributed by atoms with Crippen LogP contribution in [0.5, 0.6) is 0 Å². The van der Waals surface area contributed by atoms with Crippen molar-refractivity contribution >= 4 is 5.97 Å². The van der Waals surface area contributed by atoms with Crippen LogP contribution in [0.3, 0.4) is 0 Å².